The van der Waals surface area contributed by atoms with E-state index >= 15 is 0 Å². The molecule has 17 heavy (non-hydrogen) atoms. The number of thiophene rings is 1. The third kappa shape index (κ3) is 2.88. The van der Waals surface area contributed by atoms with Gasteiger partial charge >= 0.3 is 0 Å². The molecule has 2 heterocycles. The van der Waals surface area contributed by atoms with E-state index in [0.717, 1.165) is 11.3 Å². The first-order valence-corrected chi connectivity index (χ1v) is 6.27. The minimum atomic E-state index is -0.517. The Hall–Kier alpha value is -1.74. The van der Waals surface area contributed by atoms with Gasteiger partial charge in [-0.15, -0.1) is 11.3 Å². The minimum Gasteiger partial charge on any atom is -0.292 e. The van der Waals surface area contributed by atoms with E-state index in [1.165, 1.54) is 29.5 Å². The van der Waals surface area contributed by atoms with Crippen molar-refractivity contribution in [2.24, 2.45) is 0 Å². The summed E-state index contributed by atoms with van der Waals surface area (Å²) in [6, 6.07) is 1.29. The summed E-state index contributed by atoms with van der Waals surface area (Å²) in [5, 5.41) is 18.6. The molecule has 2 rings (SSSR count). The van der Waals surface area contributed by atoms with E-state index in [1.807, 2.05) is 0 Å². The van der Waals surface area contributed by atoms with Crippen molar-refractivity contribution >= 4 is 34.6 Å². The second-order valence-electron chi connectivity index (χ2n) is 2.93. The van der Waals surface area contributed by atoms with E-state index in [2.05, 4.69) is 15.2 Å². The number of hydrogen-bond donors (Lipinski definition) is 1. The minimum absolute atomic E-state index is 0.0528. The average Bonchev–Trinajstić information content (AvgIpc) is 2.96. The molecule has 0 saturated carbocycles. The third-order valence-electron chi connectivity index (χ3n) is 1.80. The summed E-state index contributed by atoms with van der Waals surface area (Å²) in [7, 11) is 0. The van der Waals surface area contributed by atoms with Gasteiger partial charge in [0.05, 0.1) is 20.9 Å². The fraction of sp³-hybridized carbons (Fsp3) is 0.125. The van der Waals surface area contributed by atoms with E-state index < -0.39 is 4.92 Å². The number of nitro groups is 1. The lowest BCUT2D eigenvalue weighted by molar-refractivity contribution is -0.384. The largest absolute Gasteiger partial charge is 0.292 e. The standard InChI is InChI=1S/C8H6N4O3S2/c13-6(3-17-8-9-4-10-11-8)7-1-5(2-16-7)12(14)15/h1-2,4H,3H2,(H,9,10,11). The van der Waals surface area contributed by atoms with Crippen molar-refractivity contribution in [3.05, 3.63) is 32.8 Å². The van der Waals surface area contributed by atoms with Crippen LogP contribution in [0.2, 0.25) is 0 Å². The Labute approximate surface area is 103 Å². The molecule has 0 aliphatic carbocycles. The van der Waals surface area contributed by atoms with Crippen LogP contribution in [0.4, 0.5) is 5.69 Å². The van der Waals surface area contributed by atoms with Gasteiger partial charge < -0.3 is 0 Å². The van der Waals surface area contributed by atoms with Crippen LogP contribution >= 0.6 is 23.1 Å². The molecule has 0 spiro atoms. The van der Waals surface area contributed by atoms with Gasteiger partial charge in [-0.1, -0.05) is 11.8 Å². The van der Waals surface area contributed by atoms with Crippen LogP contribution in [-0.2, 0) is 0 Å². The van der Waals surface area contributed by atoms with Gasteiger partial charge in [0, 0.05) is 6.07 Å². The molecule has 9 heteroatoms. The number of H-pyrrole nitrogens is 1. The first-order chi connectivity index (χ1) is 8.16. The highest BCUT2D eigenvalue weighted by Crippen LogP contribution is 2.23. The molecule has 0 aromatic carbocycles. The Bertz CT molecular complexity index is 537. The molecule has 0 unspecified atom stereocenters. The fourth-order valence-corrected chi connectivity index (χ4v) is 2.58. The summed E-state index contributed by atoms with van der Waals surface area (Å²) < 4.78 is 0. The molecule has 7 nitrogen and oxygen atoms in total. The Balaban J connectivity index is 1.97. The second kappa shape index (κ2) is 5.06. The van der Waals surface area contributed by atoms with E-state index in [4.69, 9.17) is 0 Å². The second-order valence-corrected chi connectivity index (χ2v) is 4.80. The molecular weight excluding hydrogens is 264 g/mol. The van der Waals surface area contributed by atoms with Gasteiger partial charge in [0.25, 0.3) is 5.69 Å². The van der Waals surface area contributed by atoms with E-state index in [9.17, 15) is 14.9 Å². The summed E-state index contributed by atoms with van der Waals surface area (Å²) in [6.45, 7) is 0. The first-order valence-electron chi connectivity index (χ1n) is 4.41. The topological polar surface area (TPSA) is 102 Å². The quantitative estimate of drug-likeness (QED) is 0.384. The summed E-state index contributed by atoms with van der Waals surface area (Å²) in [6.07, 6.45) is 1.35. The van der Waals surface area contributed by atoms with Crippen molar-refractivity contribution in [2.75, 3.05) is 5.75 Å². The molecule has 1 N–H and O–H groups in total. The number of thioether (sulfide) groups is 1. The van der Waals surface area contributed by atoms with Crippen molar-refractivity contribution in [3.8, 4) is 0 Å². The lowest BCUT2D eigenvalue weighted by Gasteiger charge is -1.94. The van der Waals surface area contributed by atoms with Gasteiger partial charge in [-0.2, -0.15) is 5.10 Å². The normalized spacial score (nSPS) is 10.4. The summed E-state index contributed by atoms with van der Waals surface area (Å²) in [4.78, 5) is 25.9. The Morgan fingerprint density at radius 3 is 3.06 bits per heavy atom. The molecule has 0 bridgehead atoms. The SMILES string of the molecule is O=C(CSc1ncn[nH]1)c1cc([N+](=O)[O-])cs1. The Morgan fingerprint density at radius 2 is 2.47 bits per heavy atom. The van der Waals surface area contributed by atoms with Crippen molar-refractivity contribution in [2.45, 2.75) is 5.16 Å². The van der Waals surface area contributed by atoms with Crippen molar-refractivity contribution in [3.63, 3.8) is 0 Å². The van der Waals surface area contributed by atoms with Crippen LogP contribution < -0.4 is 0 Å². The third-order valence-corrected chi connectivity index (χ3v) is 3.64. The zero-order valence-corrected chi connectivity index (χ0v) is 9.96. The number of rotatable bonds is 5. The number of Topliss-reactive ketones (excluding diaryl/α,β-unsaturated/α-hetero) is 1. The first kappa shape index (κ1) is 11.7. The van der Waals surface area contributed by atoms with Crippen molar-refractivity contribution in [1.29, 1.82) is 0 Å². The molecule has 0 radical (unpaired) electrons. The molecular formula is C8H6N4O3S2. The number of aromatic amines is 1. The molecule has 0 atom stereocenters. The predicted octanol–water partition coefficient (Wildman–Crippen LogP) is 1.75. The zero-order chi connectivity index (χ0) is 12.3. The van der Waals surface area contributed by atoms with Gasteiger partial charge in [-0.3, -0.25) is 20.0 Å². The van der Waals surface area contributed by atoms with E-state index in [1.54, 1.807) is 0 Å². The monoisotopic (exact) mass is 270 g/mol. The highest BCUT2D eigenvalue weighted by molar-refractivity contribution is 7.99. The van der Waals surface area contributed by atoms with Crippen LogP contribution in [0.5, 0.6) is 0 Å². The molecule has 0 saturated heterocycles. The van der Waals surface area contributed by atoms with Gasteiger partial charge in [0.15, 0.2) is 10.9 Å². The molecule has 0 amide bonds. The van der Waals surface area contributed by atoms with Crippen LogP contribution in [0.25, 0.3) is 0 Å². The molecule has 0 fully saturated rings. The lowest BCUT2D eigenvalue weighted by Crippen LogP contribution is -1.99. The van der Waals surface area contributed by atoms with Crippen LogP contribution in [0, 0.1) is 10.1 Å². The maximum absolute atomic E-state index is 11.7. The molecule has 0 aliphatic heterocycles. The predicted molar refractivity (Wildman–Crippen MR) is 62.4 cm³/mol. The lowest BCUT2D eigenvalue weighted by atomic mass is 10.3. The van der Waals surface area contributed by atoms with Crippen LogP contribution in [0.3, 0.4) is 0 Å². The number of aromatic nitrogens is 3. The number of nitrogens with one attached hydrogen (secondary N) is 1. The van der Waals surface area contributed by atoms with Crippen LogP contribution in [0.15, 0.2) is 22.9 Å². The van der Waals surface area contributed by atoms with Crippen molar-refractivity contribution in [1.82, 2.24) is 15.2 Å². The maximum Gasteiger partial charge on any atom is 0.280 e. The van der Waals surface area contributed by atoms with Crippen molar-refractivity contribution < 1.29 is 9.72 Å². The van der Waals surface area contributed by atoms with Gasteiger partial charge in [-0.25, -0.2) is 4.98 Å². The van der Waals surface area contributed by atoms with Gasteiger partial charge in [0.1, 0.15) is 6.33 Å². The summed E-state index contributed by atoms with van der Waals surface area (Å²) in [5.41, 5.74) is -0.0528. The average molecular weight is 270 g/mol. The Morgan fingerprint density at radius 1 is 1.65 bits per heavy atom. The number of carbonyl (C=O) groups excluding carboxylic acids is 1. The zero-order valence-electron chi connectivity index (χ0n) is 8.32. The molecule has 88 valence electrons. The van der Waals surface area contributed by atoms with Gasteiger partial charge in [-0.05, 0) is 0 Å². The summed E-state index contributed by atoms with van der Waals surface area (Å²) in [5.74, 6) is 0.0110. The van der Waals surface area contributed by atoms with E-state index in [-0.39, 0.29) is 17.2 Å². The molecule has 0 aliphatic rings. The van der Waals surface area contributed by atoms with E-state index in [0.29, 0.717) is 10.0 Å². The Kier molecular flexibility index (Phi) is 3.49. The highest BCUT2D eigenvalue weighted by atomic mass is 32.2. The fourth-order valence-electron chi connectivity index (χ4n) is 1.04. The number of ketones is 1. The number of hydrogen-bond acceptors (Lipinski definition) is 7. The maximum atomic E-state index is 11.7. The van der Waals surface area contributed by atoms with Crippen LogP contribution in [-0.4, -0.2) is 31.6 Å². The molecule has 2 aromatic rings. The number of carbonyl (C=O) groups is 1. The number of nitrogens with zero attached hydrogens (tertiary/aromatic N) is 3. The smallest absolute Gasteiger partial charge is 0.280 e. The van der Waals surface area contributed by atoms with Crippen LogP contribution in [0.1, 0.15) is 9.67 Å². The molecule has 2 aromatic heterocycles. The summed E-state index contributed by atoms with van der Waals surface area (Å²) >= 11 is 2.28. The highest BCUT2D eigenvalue weighted by Gasteiger charge is 2.15. The van der Waals surface area contributed by atoms with Gasteiger partial charge in [0.2, 0.25) is 0 Å².